The molecule has 2 aromatic rings. The molecule has 1 amide bonds. The molecule has 1 aliphatic heterocycles. The van der Waals surface area contributed by atoms with Gasteiger partial charge < -0.3 is 15.2 Å². The molecule has 1 heterocycles. The minimum atomic E-state index is -1.41. The first-order chi connectivity index (χ1) is 12.9. The molecule has 0 aromatic heterocycles. The predicted octanol–water partition coefficient (Wildman–Crippen LogP) is 2.97. The molecule has 27 heavy (non-hydrogen) atoms. The fraction of sp³-hybridized carbons (Fsp3) is 0.158. The van der Waals surface area contributed by atoms with E-state index in [1.165, 1.54) is 0 Å². The summed E-state index contributed by atoms with van der Waals surface area (Å²) in [6, 6.07) is 14.5. The highest BCUT2D eigenvalue weighted by Gasteiger charge is 2.29. The molecule has 0 fully saturated rings. The molecule has 1 atom stereocenters. The molecule has 0 saturated heterocycles. The van der Waals surface area contributed by atoms with E-state index in [1.54, 1.807) is 12.1 Å². The Morgan fingerprint density at radius 3 is 2.59 bits per heavy atom. The molecule has 0 aliphatic carbocycles. The van der Waals surface area contributed by atoms with E-state index in [2.05, 4.69) is 26.2 Å². The van der Waals surface area contributed by atoms with Crippen LogP contribution >= 0.6 is 15.9 Å². The number of carboxylic acid groups (broad SMARTS) is 1. The van der Waals surface area contributed by atoms with Crippen molar-refractivity contribution in [3.05, 3.63) is 64.1 Å². The highest BCUT2D eigenvalue weighted by atomic mass is 79.9. The molecule has 0 bridgehead atoms. The maximum Gasteiger partial charge on any atom is 0.308 e. The summed E-state index contributed by atoms with van der Waals surface area (Å²) in [5, 5.41) is 11.4. The zero-order chi connectivity index (χ0) is 19.4. The number of carboxylic acids is 1. The zero-order valence-electron chi connectivity index (χ0n) is 14.0. The van der Waals surface area contributed by atoms with Gasteiger partial charge in [0.2, 0.25) is 0 Å². The number of benzene rings is 2. The van der Waals surface area contributed by atoms with Crippen LogP contribution in [0.2, 0.25) is 0 Å². The van der Waals surface area contributed by atoms with Crippen molar-refractivity contribution >= 4 is 45.2 Å². The van der Waals surface area contributed by atoms with E-state index >= 15 is 0 Å². The third-order valence-corrected chi connectivity index (χ3v) is 4.29. The average molecular weight is 431 g/mol. The van der Waals surface area contributed by atoms with Gasteiger partial charge in [-0.1, -0.05) is 46.3 Å². The molecule has 138 valence electrons. The van der Waals surface area contributed by atoms with Crippen molar-refractivity contribution in [1.82, 2.24) is 0 Å². The Morgan fingerprint density at radius 2 is 1.89 bits per heavy atom. The minimum Gasteiger partial charge on any atom is -0.481 e. The monoisotopic (exact) mass is 430 g/mol. The van der Waals surface area contributed by atoms with Crippen LogP contribution in [0.25, 0.3) is 0 Å². The second-order valence-corrected chi connectivity index (χ2v) is 6.67. The standard InChI is InChI=1S/C19H15BrN2O5/c20-12-6-7-14-13(10-12)17(11-4-2-1-3-5-11)22-19(18(26)21-14)27-16(25)9-8-15(23)24/h1-7,10,19H,8-9H2,(H,21,26)(H,23,24)/t19-/m0/s1. The van der Waals surface area contributed by atoms with Crippen LogP contribution in [-0.4, -0.2) is 34.9 Å². The van der Waals surface area contributed by atoms with E-state index in [9.17, 15) is 14.4 Å². The third kappa shape index (κ3) is 4.59. The summed E-state index contributed by atoms with van der Waals surface area (Å²) >= 11 is 3.41. The minimum absolute atomic E-state index is 0.339. The van der Waals surface area contributed by atoms with Gasteiger partial charge in [0.25, 0.3) is 12.1 Å². The van der Waals surface area contributed by atoms with Crippen molar-refractivity contribution in [2.75, 3.05) is 5.32 Å². The van der Waals surface area contributed by atoms with Crippen LogP contribution in [0.15, 0.2) is 58.0 Å². The Hall–Kier alpha value is -3.00. The number of rotatable bonds is 5. The fourth-order valence-corrected chi connectivity index (χ4v) is 2.92. The van der Waals surface area contributed by atoms with E-state index in [0.29, 0.717) is 17.0 Å². The van der Waals surface area contributed by atoms with E-state index in [4.69, 9.17) is 9.84 Å². The van der Waals surface area contributed by atoms with Crippen LogP contribution in [-0.2, 0) is 19.1 Å². The molecule has 0 unspecified atom stereocenters. The number of nitrogens with zero attached hydrogens (tertiary/aromatic N) is 1. The van der Waals surface area contributed by atoms with E-state index in [-0.39, 0.29) is 12.8 Å². The van der Waals surface area contributed by atoms with Gasteiger partial charge >= 0.3 is 11.9 Å². The molecule has 2 aromatic carbocycles. The Balaban J connectivity index is 1.99. The van der Waals surface area contributed by atoms with Crippen LogP contribution in [0.1, 0.15) is 24.0 Å². The summed E-state index contributed by atoms with van der Waals surface area (Å²) < 4.78 is 5.94. The molecule has 0 spiro atoms. The predicted molar refractivity (Wildman–Crippen MR) is 102 cm³/mol. The lowest BCUT2D eigenvalue weighted by molar-refractivity contribution is -0.155. The Morgan fingerprint density at radius 1 is 1.15 bits per heavy atom. The number of ether oxygens (including phenoxy) is 1. The van der Waals surface area contributed by atoms with Crippen molar-refractivity contribution in [2.45, 2.75) is 19.1 Å². The zero-order valence-corrected chi connectivity index (χ0v) is 15.6. The van der Waals surface area contributed by atoms with Crippen LogP contribution in [0.3, 0.4) is 0 Å². The molecule has 2 N–H and O–H groups in total. The number of hydrogen-bond acceptors (Lipinski definition) is 5. The van der Waals surface area contributed by atoms with Gasteiger partial charge in [-0.05, 0) is 18.2 Å². The molecular formula is C19H15BrN2O5. The third-order valence-electron chi connectivity index (χ3n) is 3.80. The van der Waals surface area contributed by atoms with Gasteiger partial charge in [-0.3, -0.25) is 14.4 Å². The number of aliphatic imine (C=N–C) groups is 1. The molecule has 7 nitrogen and oxygen atoms in total. The van der Waals surface area contributed by atoms with Gasteiger partial charge in [0, 0.05) is 15.6 Å². The van der Waals surface area contributed by atoms with Gasteiger partial charge in [-0.25, -0.2) is 4.99 Å². The average Bonchev–Trinajstić information content (AvgIpc) is 2.78. The number of benzodiazepines with no additional fused rings is 1. The summed E-state index contributed by atoms with van der Waals surface area (Å²) in [5.41, 5.74) is 2.45. The van der Waals surface area contributed by atoms with Crippen LogP contribution in [0.4, 0.5) is 5.69 Å². The van der Waals surface area contributed by atoms with Crippen molar-refractivity contribution in [2.24, 2.45) is 4.99 Å². The van der Waals surface area contributed by atoms with E-state index in [0.717, 1.165) is 10.0 Å². The first kappa shape index (κ1) is 18.8. The quantitative estimate of drug-likeness (QED) is 0.709. The number of carbonyl (C=O) groups excluding carboxylic acids is 2. The second-order valence-electron chi connectivity index (χ2n) is 5.76. The molecule has 0 saturated carbocycles. The lowest BCUT2D eigenvalue weighted by Crippen LogP contribution is -2.30. The van der Waals surface area contributed by atoms with Gasteiger partial charge in [0.15, 0.2) is 0 Å². The SMILES string of the molecule is O=C(O)CCC(=O)O[C@@H]1N=C(c2ccccc2)c2cc(Br)ccc2NC1=O. The first-order valence-corrected chi connectivity index (χ1v) is 8.88. The molecular weight excluding hydrogens is 416 g/mol. The summed E-state index contributed by atoms with van der Waals surface area (Å²) in [6.45, 7) is 0. The van der Waals surface area contributed by atoms with Gasteiger partial charge in [-0.15, -0.1) is 0 Å². The van der Waals surface area contributed by atoms with E-state index in [1.807, 2.05) is 36.4 Å². The van der Waals surface area contributed by atoms with Gasteiger partial charge in [0.1, 0.15) is 0 Å². The number of fused-ring (bicyclic) bond motifs is 1. The molecule has 3 rings (SSSR count). The number of hydrogen-bond donors (Lipinski definition) is 2. The van der Waals surface area contributed by atoms with Crippen LogP contribution < -0.4 is 5.32 Å². The maximum atomic E-state index is 12.5. The first-order valence-electron chi connectivity index (χ1n) is 8.09. The summed E-state index contributed by atoms with van der Waals surface area (Å²) in [7, 11) is 0. The number of anilines is 1. The second kappa shape index (κ2) is 8.13. The number of carbonyl (C=O) groups is 3. The lowest BCUT2D eigenvalue weighted by Gasteiger charge is -2.12. The Kier molecular flexibility index (Phi) is 5.66. The normalized spacial score (nSPS) is 15.8. The number of amides is 1. The largest absolute Gasteiger partial charge is 0.481 e. The van der Waals surface area contributed by atoms with Crippen molar-refractivity contribution < 1.29 is 24.2 Å². The summed E-state index contributed by atoms with van der Waals surface area (Å²) in [5.74, 6) is -2.53. The molecule has 8 heteroatoms. The van der Waals surface area contributed by atoms with E-state index < -0.39 is 24.1 Å². The van der Waals surface area contributed by atoms with Gasteiger partial charge in [-0.2, -0.15) is 0 Å². The highest BCUT2D eigenvalue weighted by Crippen LogP contribution is 2.27. The van der Waals surface area contributed by atoms with Gasteiger partial charge in [0.05, 0.1) is 24.2 Å². The topological polar surface area (TPSA) is 105 Å². The number of halogens is 1. The van der Waals surface area contributed by atoms with Crippen molar-refractivity contribution in [3.8, 4) is 0 Å². The van der Waals surface area contributed by atoms with Crippen molar-refractivity contribution in [3.63, 3.8) is 0 Å². The summed E-state index contributed by atoms with van der Waals surface area (Å²) in [6.07, 6.45) is -2.13. The number of aliphatic carboxylic acids is 1. The number of nitrogens with one attached hydrogen (secondary N) is 1. The lowest BCUT2D eigenvalue weighted by atomic mass is 10.0. The molecule has 0 radical (unpaired) electrons. The smallest absolute Gasteiger partial charge is 0.308 e. The van der Waals surface area contributed by atoms with Crippen molar-refractivity contribution in [1.29, 1.82) is 0 Å². The Bertz CT molecular complexity index is 927. The Labute approximate surface area is 163 Å². The maximum absolute atomic E-state index is 12.5. The van der Waals surface area contributed by atoms with Crippen LogP contribution in [0.5, 0.6) is 0 Å². The highest BCUT2D eigenvalue weighted by molar-refractivity contribution is 9.10. The van der Waals surface area contributed by atoms with Crippen LogP contribution in [0, 0.1) is 0 Å². The summed E-state index contributed by atoms with van der Waals surface area (Å²) in [4.78, 5) is 39.4. The molecule has 1 aliphatic rings. The number of esters is 1. The fourth-order valence-electron chi connectivity index (χ4n) is 2.56.